The molecule has 1 heterocycles. The van der Waals surface area contributed by atoms with Crippen LogP contribution < -0.4 is 5.32 Å². The largest absolute Gasteiger partial charge is 0.316 e. The van der Waals surface area contributed by atoms with Crippen molar-refractivity contribution in [3.05, 3.63) is 12.2 Å². The van der Waals surface area contributed by atoms with E-state index in [1.165, 1.54) is 25.9 Å². The van der Waals surface area contributed by atoms with Crippen molar-refractivity contribution in [3.63, 3.8) is 0 Å². The maximum absolute atomic E-state index is 3.41. The first kappa shape index (κ1) is 5.48. The van der Waals surface area contributed by atoms with Crippen LogP contribution in [0.3, 0.4) is 0 Å². The van der Waals surface area contributed by atoms with Crippen LogP contribution in [0.15, 0.2) is 12.2 Å². The Morgan fingerprint density at radius 2 is 2.33 bits per heavy atom. The third kappa shape index (κ3) is 0.897. The first-order valence-corrected chi connectivity index (χ1v) is 3.84. The summed E-state index contributed by atoms with van der Waals surface area (Å²) in [6.07, 6.45) is 7.43. The maximum Gasteiger partial charge on any atom is 0.00174 e. The van der Waals surface area contributed by atoms with Crippen molar-refractivity contribution in [2.45, 2.75) is 12.8 Å². The Kier molecular flexibility index (Phi) is 1.31. The van der Waals surface area contributed by atoms with E-state index in [0.717, 1.165) is 11.8 Å². The molecule has 50 valence electrons. The van der Waals surface area contributed by atoms with Crippen molar-refractivity contribution in [1.82, 2.24) is 5.32 Å². The molecule has 0 saturated carbocycles. The van der Waals surface area contributed by atoms with E-state index in [1.54, 1.807) is 0 Å². The van der Waals surface area contributed by atoms with Gasteiger partial charge in [0, 0.05) is 6.54 Å². The summed E-state index contributed by atoms with van der Waals surface area (Å²) in [7, 11) is 0. The van der Waals surface area contributed by atoms with E-state index < -0.39 is 0 Å². The van der Waals surface area contributed by atoms with Gasteiger partial charge in [-0.25, -0.2) is 0 Å². The molecule has 1 aliphatic carbocycles. The topological polar surface area (TPSA) is 12.0 Å². The lowest BCUT2D eigenvalue weighted by Gasteiger charge is -2.17. The van der Waals surface area contributed by atoms with Gasteiger partial charge in [-0.05, 0) is 31.2 Å². The van der Waals surface area contributed by atoms with E-state index in [0.29, 0.717) is 0 Å². The lowest BCUT2D eigenvalue weighted by molar-refractivity contribution is 0.442. The van der Waals surface area contributed by atoms with Gasteiger partial charge in [-0.2, -0.15) is 0 Å². The maximum atomic E-state index is 3.41. The van der Waals surface area contributed by atoms with Gasteiger partial charge in [-0.3, -0.25) is 0 Å². The lowest BCUT2D eigenvalue weighted by Crippen LogP contribution is -2.12. The average Bonchev–Trinajstić information content (AvgIpc) is 2.33. The van der Waals surface area contributed by atoms with E-state index >= 15 is 0 Å². The van der Waals surface area contributed by atoms with E-state index in [9.17, 15) is 0 Å². The highest BCUT2D eigenvalue weighted by Gasteiger charge is 2.25. The molecule has 1 fully saturated rings. The predicted molar refractivity (Wildman–Crippen MR) is 38.2 cm³/mol. The second-order valence-corrected chi connectivity index (χ2v) is 3.09. The summed E-state index contributed by atoms with van der Waals surface area (Å²) in [5.74, 6) is 1.84. The summed E-state index contributed by atoms with van der Waals surface area (Å²) >= 11 is 0. The molecule has 0 amide bonds. The zero-order valence-electron chi connectivity index (χ0n) is 5.64. The van der Waals surface area contributed by atoms with E-state index in [2.05, 4.69) is 17.5 Å². The molecule has 0 aromatic rings. The summed E-state index contributed by atoms with van der Waals surface area (Å²) in [6, 6.07) is 0. The van der Waals surface area contributed by atoms with Crippen molar-refractivity contribution in [1.29, 1.82) is 0 Å². The Bertz CT molecular complexity index is 129. The quantitative estimate of drug-likeness (QED) is 0.477. The molecule has 0 aromatic carbocycles. The van der Waals surface area contributed by atoms with Gasteiger partial charge < -0.3 is 5.32 Å². The van der Waals surface area contributed by atoms with Crippen LogP contribution in [-0.4, -0.2) is 13.1 Å². The smallest absolute Gasteiger partial charge is 0.00174 e. The van der Waals surface area contributed by atoms with Gasteiger partial charge in [0.15, 0.2) is 0 Å². The van der Waals surface area contributed by atoms with Gasteiger partial charge in [-0.15, -0.1) is 0 Å². The molecule has 1 N–H and O–H groups in total. The normalized spacial score (nSPS) is 40.9. The molecule has 1 heteroatoms. The van der Waals surface area contributed by atoms with Crippen molar-refractivity contribution in [3.8, 4) is 0 Å². The van der Waals surface area contributed by atoms with Crippen LogP contribution in [-0.2, 0) is 0 Å². The predicted octanol–water partition coefficient (Wildman–Crippen LogP) is 1.17. The minimum absolute atomic E-state index is 0.874. The zero-order chi connectivity index (χ0) is 6.10. The van der Waals surface area contributed by atoms with Crippen LogP contribution >= 0.6 is 0 Å². The van der Waals surface area contributed by atoms with Crippen molar-refractivity contribution in [2.24, 2.45) is 11.8 Å². The Labute approximate surface area is 56.1 Å². The highest BCUT2D eigenvalue weighted by Crippen LogP contribution is 2.26. The Morgan fingerprint density at radius 1 is 1.33 bits per heavy atom. The number of nitrogens with one attached hydrogen (secondary N) is 1. The highest BCUT2D eigenvalue weighted by atomic mass is 14.9. The SMILES string of the molecule is C1=CC2CNCC2CC1. The molecule has 0 aromatic heterocycles. The van der Waals surface area contributed by atoms with Gasteiger partial charge >= 0.3 is 0 Å². The second-order valence-electron chi connectivity index (χ2n) is 3.09. The minimum atomic E-state index is 0.874. The van der Waals surface area contributed by atoms with Crippen LogP contribution in [0, 0.1) is 11.8 Å². The van der Waals surface area contributed by atoms with Crippen LogP contribution in [0.1, 0.15) is 12.8 Å². The lowest BCUT2D eigenvalue weighted by atomic mass is 9.87. The molecule has 1 saturated heterocycles. The number of rotatable bonds is 0. The molecule has 1 nitrogen and oxygen atoms in total. The van der Waals surface area contributed by atoms with Crippen LogP contribution in [0.4, 0.5) is 0 Å². The summed E-state index contributed by atoms with van der Waals surface area (Å²) in [5, 5.41) is 3.41. The molecule has 2 unspecified atom stereocenters. The van der Waals surface area contributed by atoms with E-state index in [-0.39, 0.29) is 0 Å². The molecule has 0 spiro atoms. The van der Waals surface area contributed by atoms with E-state index in [4.69, 9.17) is 0 Å². The number of hydrogen-bond donors (Lipinski definition) is 1. The molecule has 1 aliphatic heterocycles. The van der Waals surface area contributed by atoms with Gasteiger partial charge in [0.25, 0.3) is 0 Å². The van der Waals surface area contributed by atoms with E-state index in [1.807, 2.05) is 0 Å². The highest BCUT2D eigenvalue weighted by molar-refractivity contribution is 5.01. The third-order valence-electron chi connectivity index (χ3n) is 2.48. The fraction of sp³-hybridized carbons (Fsp3) is 0.750. The summed E-state index contributed by atoms with van der Waals surface area (Å²) in [4.78, 5) is 0. The molecule has 2 atom stereocenters. The standard InChI is InChI=1S/C8H13N/c1-2-4-8-6-9-5-7(8)3-1/h1,3,7-9H,2,4-6H2. The van der Waals surface area contributed by atoms with Crippen molar-refractivity contribution in [2.75, 3.05) is 13.1 Å². The second kappa shape index (κ2) is 2.14. The van der Waals surface area contributed by atoms with Gasteiger partial charge in [0.2, 0.25) is 0 Å². The number of hydrogen-bond acceptors (Lipinski definition) is 1. The molecule has 0 radical (unpaired) electrons. The molecular formula is C8H13N. The Hall–Kier alpha value is -0.300. The fourth-order valence-electron chi connectivity index (χ4n) is 1.88. The van der Waals surface area contributed by atoms with Crippen LogP contribution in [0.25, 0.3) is 0 Å². The summed E-state index contributed by atoms with van der Waals surface area (Å²) < 4.78 is 0. The molecule has 0 bridgehead atoms. The van der Waals surface area contributed by atoms with Gasteiger partial charge in [0.05, 0.1) is 0 Å². The third-order valence-corrected chi connectivity index (χ3v) is 2.48. The summed E-state index contributed by atoms with van der Waals surface area (Å²) in [5.41, 5.74) is 0. The van der Waals surface area contributed by atoms with Crippen LogP contribution in [0.5, 0.6) is 0 Å². The number of fused-ring (bicyclic) bond motifs is 1. The first-order chi connectivity index (χ1) is 4.47. The fourth-order valence-corrected chi connectivity index (χ4v) is 1.88. The van der Waals surface area contributed by atoms with Gasteiger partial charge in [0.1, 0.15) is 0 Å². The summed E-state index contributed by atoms with van der Waals surface area (Å²) in [6.45, 7) is 2.48. The van der Waals surface area contributed by atoms with Gasteiger partial charge in [-0.1, -0.05) is 12.2 Å². The van der Waals surface area contributed by atoms with Crippen molar-refractivity contribution < 1.29 is 0 Å². The van der Waals surface area contributed by atoms with Crippen molar-refractivity contribution >= 4 is 0 Å². The molecule has 2 aliphatic rings. The molecule has 2 rings (SSSR count). The first-order valence-electron chi connectivity index (χ1n) is 3.84. The van der Waals surface area contributed by atoms with Crippen LogP contribution in [0.2, 0.25) is 0 Å². The Morgan fingerprint density at radius 3 is 3.22 bits per heavy atom. The zero-order valence-corrected chi connectivity index (χ0v) is 5.64. The molecular weight excluding hydrogens is 110 g/mol. The molecule has 9 heavy (non-hydrogen) atoms. The average molecular weight is 123 g/mol. The monoisotopic (exact) mass is 123 g/mol. The minimum Gasteiger partial charge on any atom is -0.316 e. The number of allylic oxidation sites excluding steroid dienone is 1. The Balaban J connectivity index is 2.10.